The van der Waals surface area contributed by atoms with Gasteiger partial charge in [-0.25, -0.2) is 21.8 Å². The van der Waals surface area contributed by atoms with Gasteiger partial charge in [-0.1, -0.05) is 24.3 Å². The van der Waals surface area contributed by atoms with Crippen LogP contribution in [0.2, 0.25) is 0 Å². The second-order valence-corrected chi connectivity index (χ2v) is 8.09. The maximum atomic E-state index is 13.5. The molecule has 0 bridgehead atoms. The molecule has 0 aliphatic heterocycles. The van der Waals surface area contributed by atoms with Crippen molar-refractivity contribution in [3.63, 3.8) is 0 Å². The summed E-state index contributed by atoms with van der Waals surface area (Å²) >= 11 is 0. The number of aromatic nitrogens is 2. The Balaban J connectivity index is 1.94. The molecular weight excluding hydrogens is 395 g/mol. The number of ether oxygens (including phenoxy) is 1. The number of nitrogens with zero attached hydrogens (tertiary/aromatic N) is 2. The summed E-state index contributed by atoms with van der Waals surface area (Å²) in [6, 6.07) is 14.9. The molecule has 4 rings (SSSR count). The van der Waals surface area contributed by atoms with Crippen LogP contribution in [-0.2, 0) is 10.0 Å². The van der Waals surface area contributed by atoms with Crippen LogP contribution in [0.15, 0.2) is 78.0 Å². The van der Waals surface area contributed by atoms with Gasteiger partial charge in [0.15, 0.2) is 11.4 Å². The van der Waals surface area contributed by atoms with Crippen LogP contribution in [0, 0.1) is 5.82 Å². The fourth-order valence-electron chi connectivity index (χ4n) is 3.00. The molecule has 0 aliphatic carbocycles. The van der Waals surface area contributed by atoms with Gasteiger partial charge in [0, 0.05) is 24.0 Å². The topological polar surface area (TPSA) is 78.3 Å². The van der Waals surface area contributed by atoms with E-state index in [1.165, 1.54) is 55.7 Å². The molecule has 0 aliphatic rings. The van der Waals surface area contributed by atoms with E-state index in [1.807, 2.05) is 0 Å². The lowest BCUT2D eigenvalue weighted by atomic mass is 10.1. The van der Waals surface area contributed by atoms with Gasteiger partial charge in [0.1, 0.15) is 17.3 Å². The number of pyridine rings is 1. The first kappa shape index (κ1) is 18.8. The molecule has 0 amide bonds. The molecule has 4 aromatic rings. The van der Waals surface area contributed by atoms with Gasteiger partial charge in [-0.3, -0.25) is 4.79 Å². The number of halogens is 1. The van der Waals surface area contributed by atoms with Crippen LogP contribution in [0.25, 0.3) is 11.0 Å². The van der Waals surface area contributed by atoms with E-state index in [2.05, 4.69) is 4.98 Å². The number of carbonyl (C=O) groups excluding carboxylic acids is 1. The summed E-state index contributed by atoms with van der Waals surface area (Å²) in [4.78, 5) is 16.5. The zero-order valence-corrected chi connectivity index (χ0v) is 16.1. The van der Waals surface area contributed by atoms with Crippen molar-refractivity contribution in [2.75, 3.05) is 0 Å². The first-order valence-electron chi connectivity index (χ1n) is 8.63. The Morgan fingerprint density at radius 3 is 2.52 bits per heavy atom. The molecule has 146 valence electrons. The second-order valence-electron chi connectivity index (χ2n) is 6.28. The van der Waals surface area contributed by atoms with Crippen molar-refractivity contribution in [3.05, 3.63) is 84.4 Å². The van der Waals surface area contributed by atoms with Crippen molar-refractivity contribution in [1.29, 1.82) is 0 Å². The average molecular weight is 410 g/mol. The molecule has 0 radical (unpaired) electrons. The Kier molecular flexibility index (Phi) is 4.63. The van der Waals surface area contributed by atoms with Crippen LogP contribution in [-0.4, -0.2) is 23.2 Å². The summed E-state index contributed by atoms with van der Waals surface area (Å²) in [5.41, 5.74) is 0.187. The highest BCUT2D eigenvalue weighted by molar-refractivity contribution is 7.90. The maximum Gasteiger partial charge on any atom is 0.269 e. The molecule has 0 saturated heterocycles. The van der Waals surface area contributed by atoms with Crippen LogP contribution >= 0.6 is 0 Å². The van der Waals surface area contributed by atoms with E-state index >= 15 is 0 Å². The molecule has 2 aromatic heterocycles. The summed E-state index contributed by atoms with van der Waals surface area (Å²) in [7, 11) is -3.99. The average Bonchev–Trinajstić information content (AvgIpc) is 3.11. The molecule has 8 heteroatoms. The summed E-state index contributed by atoms with van der Waals surface area (Å²) < 4.78 is 46.5. The number of fused-ring (bicyclic) bond motifs is 1. The Hall–Kier alpha value is -3.52. The van der Waals surface area contributed by atoms with E-state index < -0.39 is 15.8 Å². The molecule has 0 spiro atoms. The molecule has 6 nitrogen and oxygen atoms in total. The minimum absolute atomic E-state index is 0.0490. The third-order valence-corrected chi connectivity index (χ3v) is 5.98. The first-order valence-corrected chi connectivity index (χ1v) is 10.1. The van der Waals surface area contributed by atoms with Crippen molar-refractivity contribution in [2.45, 2.75) is 11.8 Å². The van der Waals surface area contributed by atoms with Gasteiger partial charge in [0.2, 0.25) is 0 Å². The van der Waals surface area contributed by atoms with Gasteiger partial charge in [-0.15, -0.1) is 0 Å². The predicted octanol–water partition coefficient (Wildman–Crippen LogP) is 4.41. The molecule has 0 N–H and O–H groups in total. The van der Waals surface area contributed by atoms with Crippen molar-refractivity contribution < 1.29 is 22.3 Å². The maximum absolute atomic E-state index is 13.5. The van der Waals surface area contributed by atoms with E-state index in [4.69, 9.17) is 4.74 Å². The Morgan fingerprint density at radius 1 is 1.07 bits per heavy atom. The standard InChI is InChI=1S/C21H15FN2O4S/c1-14(25)18-13-24(29(26,27)17-8-3-2-4-9-17)21-20(18)19(10-11-23-21)28-16-7-5-6-15(22)12-16/h2-13H,1H3. The van der Waals surface area contributed by atoms with Crippen molar-refractivity contribution in [1.82, 2.24) is 8.96 Å². The zero-order chi connectivity index (χ0) is 20.6. The molecular formula is C21H15FN2O4S. The van der Waals surface area contributed by atoms with Crippen LogP contribution in [0.1, 0.15) is 17.3 Å². The van der Waals surface area contributed by atoms with E-state index in [-0.39, 0.29) is 38.8 Å². The van der Waals surface area contributed by atoms with E-state index in [0.29, 0.717) is 0 Å². The number of ketones is 1. The summed E-state index contributed by atoms with van der Waals surface area (Å²) in [6.07, 6.45) is 2.61. The number of Topliss-reactive ketones (excluding diaryl/α,β-unsaturated/α-hetero) is 1. The predicted molar refractivity (Wildman–Crippen MR) is 105 cm³/mol. The highest BCUT2D eigenvalue weighted by Crippen LogP contribution is 2.34. The van der Waals surface area contributed by atoms with Gasteiger partial charge >= 0.3 is 0 Å². The highest BCUT2D eigenvalue weighted by Gasteiger charge is 2.25. The quantitative estimate of drug-likeness (QED) is 0.456. The van der Waals surface area contributed by atoms with Gasteiger partial charge in [-0.2, -0.15) is 0 Å². The van der Waals surface area contributed by atoms with E-state index in [0.717, 1.165) is 3.97 Å². The summed E-state index contributed by atoms with van der Waals surface area (Å²) in [5, 5.41) is 0.240. The first-order chi connectivity index (χ1) is 13.9. The van der Waals surface area contributed by atoms with Gasteiger partial charge in [-0.05, 0) is 37.3 Å². The number of carbonyl (C=O) groups is 1. The van der Waals surface area contributed by atoms with E-state index in [1.54, 1.807) is 24.3 Å². The lowest BCUT2D eigenvalue weighted by Crippen LogP contribution is -2.12. The summed E-state index contributed by atoms with van der Waals surface area (Å²) in [5.74, 6) is -0.420. The lowest BCUT2D eigenvalue weighted by molar-refractivity contribution is 0.101. The monoisotopic (exact) mass is 410 g/mol. The van der Waals surface area contributed by atoms with Crippen molar-refractivity contribution >= 4 is 26.8 Å². The van der Waals surface area contributed by atoms with Crippen LogP contribution in [0.3, 0.4) is 0 Å². The molecule has 0 atom stereocenters. The van der Waals surface area contributed by atoms with Gasteiger partial charge in [0.05, 0.1) is 10.3 Å². The number of hydrogen-bond acceptors (Lipinski definition) is 5. The normalized spacial score (nSPS) is 11.5. The Morgan fingerprint density at radius 2 is 1.83 bits per heavy atom. The van der Waals surface area contributed by atoms with Crippen LogP contribution in [0.4, 0.5) is 4.39 Å². The Bertz CT molecular complexity index is 1330. The van der Waals surface area contributed by atoms with Gasteiger partial charge in [0.25, 0.3) is 10.0 Å². The number of benzene rings is 2. The third-order valence-electron chi connectivity index (χ3n) is 4.32. The third kappa shape index (κ3) is 3.38. The molecule has 0 fully saturated rings. The second kappa shape index (κ2) is 7.14. The highest BCUT2D eigenvalue weighted by atomic mass is 32.2. The molecule has 0 unspecified atom stereocenters. The summed E-state index contributed by atoms with van der Waals surface area (Å²) in [6.45, 7) is 1.33. The largest absolute Gasteiger partial charge is 0.456 e. The number of hydrogen-bond donors (Lipinski definition) is 0. The minimum atomic E-state index is -3.99. The van der Waals surface area contributed by atoms with E-state index in [9.17, 15) is 17.6 Å². The molecule has 2 aromatic carbocycles. The molecule has 29 heavy (non-hydrogen) atoms. The van der Waals surface area contributed by atoms with Crippen LogP contribution in [0.5, 0.6) is 11.5 Å². The lowest BCUT2D eigenvalue weighted by Gasteiger charge is -2.09. The molecule has 2 heterocycles. The van der Waals surface area contributed by atoms with Crippen molar-refractivity contribution in [3.8, 4) is 11.5 Å². The fraction of sp³-hybridized carbons (Fsp3) is 0.0476. The van der Waals surface area contributed by atoms with Crippen LogP contribution < -0.4 is 4.74 Å². The van der Waals surface area contributed by atoms with Gasteiger partial charge < -0.3 is 4.74 Å². The smallest absolute Gasteiger partial charge is 0.269 e. The minimum Gasteiger partial charge on any atom is -0.456 e. The fourth-order valence-corrected chi connectivity index (χ4v) is 4.33. The number of rotatable bonds is 5. The molecule has 0 saturated carbocycles. The zero-order valence-electron chi connectivity index (χ0n) is 15.2. The Labute approximate surface area is 166 Å². The SMILES string of the molecule is CC(=O)c1cn(S(=O)(=O)c2ccccc2)c2nccc(Oc3cccc(F)c3)c12. The van der Waals surface area contributed by atoms with Crippen molar-refractivity contribution in [2.24, 2.45) is 0 Å².